The minimum absolute atomic E-state index is 0.267. The second-order valence-corrected chi connectivity index (χ2v) is 9.15. The summed E-state index contributed by atoms with van der Waals surface area (Å²) < 4.78 is 35.9. The smallest absolute Gasteiger partial charge is 0.262 e. The molecule has 32 heavy (non-hydrogen) atoms. The molecule has 9 heteroatoms. The fourth-order valence-corrected chi connectivity index (χ4v) is 4.62. The monoisotopic (exact) mass is 449 g/mol. The fraction of sp³-hybridized carbons (Fsp3) is 0.174. The van der Waals surface area contributed by atoms with Crippen molar-refractivity contribution in [3.8, 4) is 17.4 Å². The van der Waals surface area contributed by atoms with Gasteiger partial charge in [-0.3, -0.25) is 4.72 Å². The molecule has 0 fully saturated rings. The molecular formula is C23H23N5O3S. The summed E-state index contributed by atoms with van der Waals surface area (Å²) in [4.78, 5) is 8.92. The summed E-state index contributed by atoms with van der Waals surface area (Å²) in [7, 11) is -3.71. The van der Waals surface area contributed by atoms with Crippen molar-refractivity contribution in [1.82, 2.24) is 19.7 Å². The molecule has 4 rings (SSSR count). The van der Waals surface area contributed by atoms with Crippen LogP contribution in [0.5, 0.6) is 11.6 Å². The summed E-state index contributed by atoms with van der Waals surface area (Å²) in [5.74, 6) is 2.01. The Morgan fingerprint density at radius 3 is 2.31 bits per heavy atom. The number of hydrogen-bond donors (Lipinski definition) is 1. The van der Waals surface area contributed by atoms with Gasteiger partial charge in [0.05, 0.1) is 4.90 Å². The summed E-state index contributed by atoms with van der Waals surface area (Å²) >= 11 is 0. The molecule has 0 atom stereocenters. The van der Waals surface area contributed by atoms with Crippen LogP contribution in [0.3, 0.4) is 0 Å². The first-order valence-electron chi connectivity index (χ1n) is 9.95. The number of sulfonamides is 1. The number of anilines is 1. The Morgan fingerprint density at radius 1 is 0.906 bits per heavy atom. The lowest BCUT2D eigenvalue weighted by atomic mass is 10.1. The van der Waals surface area contributed by atoms with Crippen LogP contribution in [0.4, 0.5) is 5.69 Å². The number of benzene rings is 2. The van der Waals surface area contributed by atoms with E-state index >= 15 is 0 Å². The van der Waals surface area contributed by atoms with Crippen molar-refractivity contribution in [3.05, 3.63) is 83.4 Å². The molecule has 8 nitrogen and oxygen atoms in total. The van der Waals surface area contributed by atoms with Gasteiger partial charge < -0.3 is 4.74 Å². The molecule has 164 valence electrons. The molecular weight excluding hydrogens is 426 g/mol. The van der Waals surface area contributed by atoms with Crippen LogP contribution in [0.25, 0.3) is 5.82 Å². The first-order chi connectivity index (χ1) is 15.2. The third kappa shape index (κ3) is 4.62. The molecule has 0 saturated carbocycles. The number of aryl methyl sites for hydroxylation is 4. The van der Waals surface area contributed by atoms with Crippen LogP contribution < -0.4 is 9.46 Å². The third-order valence-corrected chi connectivity index (χ3v) is 6.47. The van der Waals surface area contributed by atoms with E-state index < -0.39 is 10.0 Å². The molecule has 0 spiro atoms. The summed E-state index contributed by atoms with van der Waals surface area (Å²) in [5, 5.41) is 4.17. The lowest BCUT2D eigenvalue weighted by Crippen LogP contribution is -2.14. The van der Waals surface area contributed by atoms with Gasteiger partial charge in [0.15, 0.2) is 5.82 Å². The Balaban J connectivity index is 1.52. The topological polar surface area (TPSA) is 99.0 Å². The number of rotatable bonds is 6. The molecule has 4 aromatic rings. The van der Waals surface area contributed by atoms with Crippen molar-refractivity contribution >= 4 is 15.7 Å². The zero-order chi connectivity index (χ0) is 22.9. The number of nitrogens with zero attached hydrogens (tertiary/aromatic N) is 4. The Bertz CT molecular complexity index is 1370. The zero-order valence-corrected chi connectivity index (χ0v) is 19.0. The van der Waals surface area contributed by atoms with E-state index in [-0.39, 0.29) is 4.90 Å². The molecule has 2 heterocycles. The van der Waals surface area contributed by atoms with Crippen molar-refractivity contribution in [2.75, 3.05) is 4.72 Å². The molecule has 0 amide bonds. The second kappa shape index (κ2) is 8.43. The van der Waals surface area contributed by atoms with Crippen molar-refractivity contribution in [2.45, 2.75) is 32.6 Å². The van der Waals surface area contributed by atoms with Gasteiger partial charge in [-0.2, -0.15) is 10.1 Å². The van der Waals surface area contributed by atoms with Crippen LogP contribution in [0.2, 0.25) is 0 Å². The van der Waals surface area contributed by atoms with Crippen LogP contribution >= 0.6 is 0 Å². The van der Waals surface area contributed by atoms with Gasteiger partial charge in [-0.25, -0.2) is 18.1 Å². The highest BCUT2D eigenvalue weighted by atomic mass is 32.2. The van der Waals surface area contributed by atoms with Gasteiger partial charge >= 0.3 is 0 Å². The first-order valence-corrected chi connectivity index (χ1v) is 11.4. The Morgan fingerprint density at radius 2 is 1.62 bits per heavy atom. The van der Waals surface area contributed by atoms with Crippen molar-refractivity contribution < 1.29 is 13.2 Å². The molecule has 1 N–H and O–H groups in total. The molecule has 2 aromatic heterocycles. The van der Waals surface area contributed by atoms with Gasteiger partial charge in [-0.05, 0) is 80.8 Å². The Kier molecular flexibility index (Phi) is 5.67. The van der Waals surface area contributed by atoms with Crippen molar-refractivity contribution in [3.63, 3.8) is 0 Å². The SMILES string of the molecule is Cc1nc(Oc2ccc(NS(=O)(=O)c3cc(C)c(C)cc3C)cc2)cc(-n2cccn2)n1. The molecule has 0 unspecified atom stereocenters. The molecule has 0 radical (unpaired) electrons. The normalized spacial score (nSPS) is 11.4. The van der Waals surface area contributed by atoms with Gasteiger partial charge in [-0.15, -0.1) is 0 Å². The van der Waals surface area contributed by atoms with Crippen molar-refractivity contribution in [2.24, 2.45) is 0 Å². The molecule has 2 aromatic carbocycles. The lowest BCUT2D eigenvalue weighted by molar-refractivity contribution is 0.459. The molecule has 0 aliphatic heterocycles. The lowest BCUT2D eigenvalue weighted by Gasteiger charge is -2.13. The highest BCUT2D eigenvalue weighted by molar-refractivity contribution is 7.92. The van der Waals surface area contributed by atoms with Crippen LogP contribution in [-0.2, 0) is 10.0 Å². The van der Waals surface area contributed by atoms with Gasteiger partial charge in [0.2, 0.25) is 5.88 Å². The number of ether oxygens (including phenoxy) is 1. The zero-order valence-electron chi connectivity index (χ0n) is 18.2. The quantitative estimate of drug-likeness (QED) is 0.466. The molecule has 0 saturated heterocycles. The first kappa shape index (κ1) is 21.5. The summed E-state index contributed by atoms with van der Waals surface area (Å²) in [6.07, 6.45) is 3.45. The van der Waals surface area contributed by atoms with Crippen LogP contribution in [-0.4, -0.2) is 28.2 Å². The van der Waals surface area contributed by atoms with E-state index in [1.165, 1.54) is 0 Å². The average molecular weight is 450 g/mol. The molecule has 0 aliphatic carbocycles. The minimum atomic E-state index is -3.71. The van der Waals surface area contributed by atoms with Gasteiger partial charge in [0.1, 0.15) is 11.6 Å². The van der Waals surface area contributed by atoms with E-state index in [9.17, 15) is 8.42 Å². The van der Waals surface area contributed by atoms with E-state index in [0.717, 1.165) is 11.1 Å². The number of nitrogens with one attached hydrogen (secondary N) is 1. The van der Waals surface area contributed by atoms with Gasteiger partial charge in [0, 0.05) is 24.1 Å². The van der Waals surface area contributed by atoms with Crippen molar-refractivity contribution in [1.29, 1.82) is 0 Å². The minimum Gasteiger partial charge on any atom is -0.439 e. The number of hydrogen-bond acceptors (Lipinski definition) is 6. The maximum atomic E-state index is 12.9. The maximum absolute atomic E-state index is 12.9. The van der Waals surface area contributed by atoms with Crippen LogP contribution in [0.15, 0.2) is 65.8 Å². The van der Waals surface area contributed by atoms with E-state index in [1.54, 1.807) is 73.4 Å². The van der Waals surface area contributed by atoms with Gasteiger partial charge in [0.25, 0.3) is 10.0 Å². The highest BCUT2D eigenvalue weighted by Gasteiger charge is 2.18. The molecule has 0 bridgehead atoms. The summed E-state index contributed by atoms with van der Waals surface area (Å²) in [6, 6.07) is 13.7. The fourth-order valence-electron chi connectivity index (χ4n) is 3.24. The number of aromatic nitrogens is 4. The Hall–Kier alpha value is -3.72. The van der Waals surface area contributed by atoms with Gasteiger partial charge in [-0.1, -0.05) is 6.07 Å². The van der Waals surface area contributed by atoms with E-state index in [4.69, 9.17) is 4.74 Å². The standard InChI is InChI=1S/C23H23N5O3S/c1-15-12-17(3)21(13-16(15)2)32(29,30)27-19-6-8-20(9-7-19)31-23-14-22(25-18(4)26-23)28-11-5-10-24-28/h5-14,27H,1-4H3. The molecule has 0 aliphatic rings. The van der Waals surface area contributed by atoms with E-state index in [1.807, 2.05) is 19.9 Å². The largest absolute Gasteiger partial charge is 0.439 e. The van der Waals surface area contributed by atoms with Crippen LogP contribution in [0.1, 0.15) is 22.5 Å². The third-order valence-electron chi connectivity index (χ3n) is 4.95. The predicted octanol–water partition coefficient (Wildman–Crippen LogP) is 4.49. The summed E-state index contributed by atoms with van der Waals surface area (Å²) in [5.41, 5.74) is 3.12. The summed E-state index contributed by atoms with van der Waals surface area (Å²) in [6.45, 7) is 7.42. The highest BCUT2D eigenvalue weighted by Crippen LogP contribution is 2.26. The maximum Gasteiger partial charge on any atom is 0.262 e. The van der Waals surface area contributed by atoms with Crippen LogP contribution in [0, 0.1) is 27.7 Å². The van der Waals surface area contributed by atoms with E-state index in [0.29, 0.717) is 34.5 Å². The predicted molar refractivity (Wildman–Crippen MR) is 122 cm³/mol. The second-order valence-electron chi connectivity index (χ2n) is 7.50. The Labute approximate surface area is 187 Å². The average Bonchev–Trinajstić information content (AvgIpc) is 3.26. The van der Waals surface area contributed by atoms with E-state index in [2.05, 4.69) is 19.8 Å².